The Balaban J connectivity index is 1.81. The molecular weight excluding hydrogens is 388 g/mol. The van der Waals surface area contributed by atoms with Crippen molar-refractivity contribution in [2.75, 3.05) is 13.2 Å². The first-order chi connectivity index (χ1) is 14.2. The van der Waals surface area contributed by atoms with Crippen molar-refractivity contribution < 1.29 is 18.7 Å². The van der Waals surface area contributed by atoms with Gasteiger partial charge in [0.15, 0.2) is 21.9 Å². The fraction of sp³-hybridized carbons (Fsp3) is 0.273. The third-order valence-electron chi connectivity index (χ3n) is 4.50. The van der Waals surface area contributed by atoms with E-state index in [1.165, 1.54) is 11.3 Å². The van der Waals surface area contributed by atoms with Crippen molar-refractivity contribution in [3.8, 4) is 11.5 Å². The van der Waals surface area contributed by atoms with Crippen molar-refractivity contribution in [2.24, 2.45) is 4.99 Å². The molecule has 0 saturated heterocycles. The van der Waals surface area contributed by atoms with E-state index in [2.05, 4.69) is 4.99 Å². The minimum atomic E-state index is -0.421. The number of benzene rings is 2. The summed E-state index contributed by atoms with van der Waals surface area (Å²) in [6, 6.07) is 13.2. The largest absolute Gasteiger partial charge is 0.492 e. The maximum absolute atomic E-state index is 12.9. The Morgan fingerprint density at radius 2 is 1.79 bits per heavy atom. The minimum absolute atomic E-state index is 0.192. The Hall–Kier alpha value is -3.06. The molecule has 2 aromatic carbocycles. The van der Waals surface area contributed by atoms with Crippen molar-refractivity contribution in [1.29, 1.82) is 0 Å². The molecule has 4 aromatic rings. The molecule has 29 heavy (non-hydrogen) atoms. The standard InChI is InChI=1S/C22H22N2O4S/c1-4-24-19-15(26-5-2)10-8-12-18(19)29-22(24)23-21(25)17-13-14-9-7-11-16(27-6-3)20(14)28-17/h7-13H,4-6H2,1-3H3. The van der Waals surface area contributed by atoms with Crippen LogP contribution < -0.4 is 14.3 Å². The Morgan fingerprint density at radius 3 is 2.55 bits per heavy atom. The molecule has 0 bridgehead atoms. The zero-order valence-corrected chi connectivity index (χ0v) is 17.4. The number of carbonyl (C=O) groups is 1. The van der Waals surface area contributed by atoms with Gasteiger partial charge in [0.1, 0.15) is 11.3 Å². The number of aryl methyl sites for hydroxylation is 1. The van der Waals surface area contributed by atoms with Gasteiger partial charge in [-0.1, -0.05) is 29.5 Å². The second kappa shape index (κ2) is 8.13. The van der Waals surface area contributed by atoms with Crippen molar-refractivity contribution >= 4 is 38.4 Å². The van der Waals surface area contributed by atoms with Crippen LogP contribution in [-0.2, 0) is 6.54 Å². The van der Waals surface area contributed by atoms with Gasteiger partial charge >= 0.3 is 5.91 Å². The number of ether oxygens (including phenoxy) is 2. The fourth-order valence-corrected chi connectivity index (χ4v) is 4.41. The quantitative estimate of drug-likeness (QED) is 0.448. The van der Waals surface area contributed by atoms with E-state index in [4.69, 9.17) is 13.9 Å². The number of nitrogens with zero attached hydrogens (tertiary/aromatic N) is 2. The lowest BCUT2D eigenvalue weighted by molar-refractivity contribution is 0.0973. The monoisotopic (exact) mass is 410 g/mol. The van der Waals surface area contributed by atoms with Crippen LogP contribution in [0.3, 0.4) is 0 Å². The number of thiazole rings is 1. The maximum atomic E-state index is 12.9. The number of hydrogen-bond acceptors (Lipinski definition) is 5. The first-order valence-corrected chi connectivity index (χ1v) is 10.5. The molecule has 0 aliphatic carbocycles. The van der Waals surface area contributed by atoms with Crippen molar-refractivity contribution in [2.45, 2.75) is 27.3 Å². The molecule has 0 saturated carbocycles. The van der Waals surface area contributed by atoms with Crippen LogP contribution in [0.15, 0.2) is 51.9 Å². The molecule has 0 fully saturated rings. The lowest BCUT2D eigenvalue weighted by atomic mass is 10.2. The van der Waals surface area contributed by atoms with Crippen molar-refractivity contribution in [3.63, 3.8) is 0 Å². The van der Waals surface area contributed by atoms with Crippen LogP contribution in [-0.4, -0.2) is 23.7 Å². The molecule has 0 N–H and O–H groups in total. The number of amides is 1. The number of hydrogen-bond donors (Lipinski definition) is 0. The average Bonchev–Trinajstić information content (AvgIpc) is 3.30. The third-order valence-corrected chi connectivity index (χ3v) is 5.54. The van der Waals surface area contributed by atoms with Gasteiger partial charge in [0, 0.05) is 11.9 Å². The summed E-state index contributed by atoms with van der Waals surface area (Å²) in [7, 11) is 0. The first kappa shape index (κ1) is 19.3. The van der Waals surface area contributed by atoms with Gasteiger partial charge in [-0.25, -0.2) is 0 Å². The Bertz CT molecular complexity index is 1250. The van der Waals surface area contributed by atoms with Crippen molar-refractivity contribution in [3.05, 3.63) is 53.0 Å². The van der Waals surface area contributed by atoms with Gasteiger partial charge < -0.3 is 18.5 Å². The lowest BCUT2D eigenvalue weighted by Gasteiger charge is -2.07. The molecule has 7 heteroatoms. The highest BCUT2D eigenvalue weighted by Gasteiger charge is 2.16. The van der Waals surface area contributed by atoms with E-state index in [9.17, 15) is 4.79 Å². The highest BCUT2D eigenvalue weighted by molar-refractivity contribution is 7.16. The van der Waals surface area contributed by atoms with E-state index in [-0.39, 0.29) is 5.76 Å². The molecule has 1 amide bonds. The van der Waals surface area contributed by atoms with Gasteiger partial charge in [-0.05, 0) is 45.0 Å². The summed E-state index contributed by atoms with van der Waals surface area (Å²) in [4.78, 5) is 17.8. The van der Waals surface area contributed by atoms with E-state index in [0.717, 1.165) is 21.4 Å². The topological polar surface area (TPSA) is 66.0 Å². The summed E-state index contributed by atoms with van der Waals surface area (Å²) < 4.78 is 20.2. The van der Waals surface area contributed by atoms with Crippen LogP contribution >= 0.6 is 11.3 Å². The SMILES string of the molecule is CCOc1cccc2cc(C(=O)N=c3sc4cccc(OCC)c4n3CC)oc12. The summed E-state index contributed by atoms with van der Waals surface area (Å²) in [5.41, 5.74) is 1.52. The Morgan fingerprint density at radius 1 is 1.07 bits per heavy atom. The smallest absolute Gasteiger partial charge is 0.315 e. The van der Waals surface area contributed by atoms with Gasteiger partial charge in [0.25, 0.3) is 0 Å². The Labute approximate surface area is 172 Å². The molecular formula is C22H22N2O4S. The van der Waals surface area contributed by atoms with Crippen LogP contribution in [0.1, 0.15) is 31.3 Å². The van der Waals surface area contributed by atoms with E-state index < -0.39 is 5.91 Å². The van der Waals surface area contributed by atoms with Crippen LogP contribution in [0.2, 0.25) is 0 Å². The van der Waals surface area contributed by atoms with Gasteiger partial charge in [-0.15, -0.1) is 0 Å². The highest BCUT2D eigenvalue weighted by atomic mass is 32.1. The minimum Gasteiger partial charge on any atom is -0.492 e. The average molecular weight is 410 g/mol. The van der Waals surface area contributed by atoms with E-state index >= 15 is 0 Å². The van der Waals surface area contributed by atoms with E-state index in [1.54, 1.807) is 6.07 Å². The molecule has 0 spiro atoms. The molecule has 6 nitrogen and oxygen atoms in total. The predicted molar refractivity (Wildman–Crippen MR) is 114 cm³/mol. The molecule has 0 aliphatic heterocycles. The zero-order chi connectivity index (χ0) is 20.4. The maximum Gasteiger partial charge on any atom is 0.315 e. The summed E-state index contributed by atoms with van der Waals surface area (Å²) >= 11 is 1.46. The molecule has 150 valence electrons. The number of rotatable bonds is 6. The first-order valence-electron chi connectivity index (χ1n) is 9.65. The van der Waals surface area contributed by atoms with Gasteiger partial charge in [-0.3, -0.25) is 4.79 Å². The Kier molecular flexibility index (Phi) is 5.40. The molecule has 0 radical (unpaired) electrons. The predicted octanol–water partition coefficient (Wildman–Crippen LogP) is 5.01. The second-order valence-electron chi connectivity index (χ2n) is 6.30. The van der Waals surface area contributed by atoms with Crippen LogP contribution in [0, 0.1) is 0 Å². The summed E-state index contributed by atoms with van der Waals surface area (Å²) in [6.07, 6.45) is 0. The van der Waals surface area contributed by atoms with Crippen LogP contribution in [0.4, 0.5) is 0 Å². The fourth-order valence-electron chi connectivity index (χ4n) is 3.30. The number of fused-ring (bicyclic) bond motifs is 2. The highest BCUT2D eigenvalue weighted by Crippen LogP contribution is 2.30. The number of furan rings is 1. The number of carbonyl (C=O) groups excluding carboxylic acids is 1. The molecule has 0 aliphatic rings. The second-order valence-corrected chi connectivity index (χ2v) is 7.31. The summed E-state index contributed by atoms with van der Waals surface area (Å²) in [6.45, 7) is 7.65. The molecule has 4 rings (SSSR count). The van der Waals surface area contributed by atoms with Crippen molar-refractivity contribution in [1.82, 2.24) is 4.57 Å². The molecule has 2 aromatic heterocycles. The van der Waals surface area contributed by atoms with E-state index in [1.807, 2.05) is 61.7 Å². The molecule has 0 unspecified atom stereocenters. The number of aromatic nitrogens is 1. The zero-order valence-electron chi connectivity index (χ0n) is 16.6. The van der Waals surface area contributed by atoms with Crippen LogP contribution in [0.25, 0.3) is 21.2 Å². The lowest BCUT2D eigenvalue weighted by Crippen LogP contribution is -2.16. The van der Waals surface area contributed by atoms with Crippen LogP contribution in [0.5, 0.6) is 11.5 Å². The normalized spacial score (nSPS) is 12.0. The molecule has 0 atom stereocenters. The summed E-state index contributed by atoms with van der Waals surface area (Å²) in [5.74, 6) is 1.19. The number of para-hydroxylation sites is 2. The van der Waals surface area contributed by atoms with Gasteiger partial charge in [0.05, 0.1) is 17.9 Å². The third kappa shape index (κ3) is 3.53. The summed E-state index contributed by atoms with van der Waals surface area (Å²) in [5, 5.41) is 0.813. The van der Waals surface area contributed by atoms with Gasteiger partial charge in [-0.2, -0.15) is 4.99 Å². The van der Waals surface area contributed by atoms with E-state index in [0.29, 0.717) is 35.9 Å². The van der Waals surface area contributed by atoms with Gasteiger partial charge in [0.2, 0.25) is 0 Å². The molecule has 2 heterocycles.